The third-order valence-electron chi connectivity index (χ3n) is 2.65. The molecule has 1 rings (SSSR count). The first kappa shape index (κ1) is 22.5. The Labute approximate surface area is 152 Å². The van der Waals surface area contributed by atoms with Gasteiger partial charge in [-0.25, -0.2) is 14.4 Å². The van der Waals surface area contributed by atoms with Gasteiger partial charge in [0, 0.05) is 0 Å². The molecule has 0 saturated heterocycles. The van der Waals surface area contributed by atoms with Gasteiger partial charge in [0.25, 0.3) is 0 Å². The Bertz CT molecular complexity index is 574. The van der Waals surface area contributed by atoms with Crippen LogP contribution in [0.5, 0.6) is 0 Å². The molecule has 8 nitrogen and oxygen atoms in total. The van der Waals surface area contributed by atoms with Gasteiger partial charge in [0.15, 0.2) is 0 Å². The van der Waals surface area contributed by atoms with Crippen molar-refractivity contribution in [3.63, 3.8) is 0 Å². The zero-order valence-corrected chi connectivity index (χ0v) is 15.1. The van der Waals surface area contributed by atoms with Gasteiger partial charge in [0.1, 0.15) is 18.2 Å². The summed E-state index contributed by atoms with van der Waals surface area (Å²) in [6.07, 6.45) is -1.66. The number of carboxylic acid groups (broad SMARTS) is 1. The predicted octanol–water partition coefficient (Wildman–Crippen LogP) is 2.31. The van der Waals surface area contributed by atoms with Gasteiger partial charge in [-0.3, -0.25) is 0 Å². The number of hydrogen-bond acceptors (Lipinski definition) is 5. The Morgan fingerprint density at radius 2 is 1.72 bits per heavy atom. The van der Waals surface area contributed by atoms with Crippen LogP contribution in [-0.2, 0) is 20.9 Å². The van der Waals surface area contributed by atoms with Gasteiger partial charge in [0.2, 0.25) is 0 Å². The van der Waals surface area contributed by atoms with Crippen LogP contribution in [-0.4, -0.2) is 41.4 Å². The molecule has 0 heterocycles. The highest BCUT2D eigenvalue weighted by Gasteiger charge is 2.23. The van der Waals surface area contributed by atoms with Crippen LogP contribution in [0.2, 0.25) is 0 Å². The van der Waals surface area contributed by atoms with Gasteiger partial charge < -0.3 is 25.2 Å². The fourth-order valence-electron chi connectivity index (χ4n) is 1.61. The van der Waals surface area contributed by atoms with Crippen LogP contribution >= 0.6 is 12.4 Å². The molecule has 1 aromatic carbocycles. The van der Waals surface area contributed by atoms with E-state index in [2.05, 4.69) is 10.6 Å². The van der Waals surface area contributed by atoms with Crippen LogP contribution in [0.25, 0.3) is 0 Å². The topological polar surface area (TPSA) is 114 Å². The molecule has 9 heteroatoms. The van der Waals surface area contributed by atoms with Crippen molar-refractivity contribution in [1.29, 1.82) is 0 Å². The monoisotopic (exact) mass is 374 g/mol. The summed E-state index contributed by atoms with van der Waals surface area (Å²) in [6, 6.07) is 7.62. The molecule has 0 saturated carbocycles. The van der Waals surface area contributed by atoms with E-state index in [0.29, 0.717) is 0 Å². The van der Waals surface area contributed by atoms with E-state index < -0.39 is 29.8 Å². The van der Waals surface area contributed by atoms with Gasteiger partial charge in [0.05, 0.1) is 6.54 Å². The van der Waals surface area contributed by atoms with Crippen molar-refractivity contribution in [2.45, 2.75) is 39.0 Å². The molecule has 0 aliphatic heterocycles. The second kappa shape index (κ2) is 10.4. The van der Waals surface area contributed by atoms with E-state index >= 15 is 0 Å². The average molecular weight is 375 g/mol. The zero-order chi connectivity index (χ0) is 18.2. The Hall–Kier alpha value is -2.48. The second-order valence-electron chi connectivity index (χ2n) is 5.98. The van der Waals surface area contributed by atoms with E-state index in [1.54, 1.807) is 45.0 Å². The molecule has 0 spiro atoms. The maximum absolute atomic E-state index is 11.7. The molecule has 25 heavy (non-hydrogen) atoms. The third kappa shape index (κ3) is 10.1. The van der Waals surface area contributed by atoms with E-state index in [0.717, 1.165) is 5.56 Å². The van der Waals surface area contributed by atoms with Crippen molar-refractivity contribution in [2.24, 2.45) is 0 Å². The highest BCUT2D eigenvalue weighted by molar-refractivity contribution is 5.85. The second-order valence-corrected chi connectivity index (χ2v) is 5.98. The molecule has 0 fully saturated rings. The number of carbonyl (C=O) groups is 3. The van der Waals surface area contributed by atoms with Crippen LogP contribution in [0.4, 0.5) is 9.59 Å². The summed E-state index contributed by atoms with van der Waals surface area (Å²) < 4.78 is 9.93. The molecule has 3 N–H and O–H groups in total. The molecule has 0 aliphatic carbocycles. The molecule has 2 amide bonds. The first-order chi connectivity index (χ1) is 11.2. The Morgan fingerprint density at radius 3 is 2.24 bits per heavy atom. The number of carbonyl (C=O) groups excluding carboxylic acids is 2. The van der Waals surface area contributed by atoms with Crippen molar-refractivity contribution >= 4 is 30.6 Å². The molecular formula is C16H23ClN2O6. The minimum absolute atomic E-state index is 0. The van der Waals surface area contributed by atoms with Gasteiger partial charge in [-0.1, -0.05) is 30.3 Å². The number of carboxylic acids is 1. The lowest BCUT2D eigenvalue weighted by Gasteiger charge is -2.21. The molecule has 0 bridgehead atoms. The van der Waals surface area contributed by atoms with E-state index in [4.69, 9.17) is 14.6 Å². The minimum Gasteiger partial charge on any atom is -0.480 e. The maximum atomic E-state index is 11.7. The number of alkyl carbamates (subject to hydrolysis) is 2. The fraction of sp³-hybridized carbons (Fsp3) is 0.438. The number of aliphatic carboxylic acids is 1. The number of ether oxygens (including phenoxy) is 2. The normalized spacial score (nSPS) is 11.5. The van der Waals surface area contributed by atoms with Crippen molar-refractivity contribution in [3.8, 4) is 0 Å². The Balaban J connectivity index is 0.00000576. The van der Waals surface area contributed by atoms with Crippen LogP contribution in [0.1, 0.15) is 26.3 Å². The van der Waals surface area contributed by atoms with Gasteiger partial charge >= 0.3 is 18.2 Å². The molecule has 0 aliphatic rings. The fourth-order valence-corrected chi connectivity index (χ4v) is 1.61. The van der Waals surface area contributed by atoms with Gasteiger partial charge in [-0.15, -0.1) is 12.4 Å². The number of hydrogen-bond donors (Lipinski definition) is 3. The van der Waals surface area contributed by atoms with Crippen molar-refractivity contribution in [3.05, 3.63) is 35.9 Å². The van der Waals surface area contributed by atoms with Gasteiger partial charge in [-0.2, -0.15) is 0 Å². The van der Waals surface area contributed by atoms with Crippen LogP contribution < -0.4 is 10.6 Å². The summed E-state index contributed by atoms with van der Waals surface area (Å²) in [7, 11) is 0. The van der Waals surface area contributed by atoms with E-state index in [1.807, 2.05) is 6.07 Å². The maximum Gasteiger partial charge on any atom is 0.408 e. The van der Waals surface area contributed by atoms with Crippen molar-refractivity contribution in [2.75, 3.05) is 6.54 Å². The molecule has 1 unspecified atom stereocenters. The molecular weight excluding hydrogens is 352 g/mol. The van der Waals surface area contributed by atoms with Crippen LogP contribution in [0, 0.1) is 0 Å². The quantitative estimate of drug-likeness (QED) is 0.704. The SMILES string of the molecule is CC(C)(C)OC(=O)NCC(NC(=O)OCc1ccccc1)C(=O)O.Cl. The van der Waals surface area contributed by atoms with Gasteiger partial charge in [-0.05, 0) is 26.3 Å². The summed E-state index contributed by atoms with van der Waals surface area (Å²) in [5, 5.41) is 13.6. The summed E-state index contributed by atoms with van der Waals surface area (Å²) in [5.41, 5.74) is 0.0663. The highest BCUT2D eigenvalue weighted by Crippen LogP contribution is 2.06. The molecule has 0 aromatic heterocycles. The predicted molar refractivity (Wildman–Crippen MR) is 92.7 cm³/mol. The number of benzene rings is 1. The first-order valence-corrected chi connectivity index (χ1v) is 7.34. The molecule has 0 radical (unpaired) electrons. The smallest absolute Gasteiger partial charge is 0.408 e. The van der Waals surface area contributed by atoms with Crippen molar-refractivity contribution in [1.82, 2.24) is 10.6 Å². The Kier molecular flexibility index (Phi) is 9.37. The lowest BCUT2D eigenvalue weighted by molar-refractivity contribution is -0.139. The number of nitrogens with one attached hydrogen (secondary N) is 2. The van der Waals surface area contributed by atoms with Crippen LogP contribution in [0.3, 0.4) is 0 Å². The van der Waals surface area contributed by atoms with Crippen molar-refractivity contribution < 1.29 is 29.0 Å². The summed E-state index contributed by atoms with van der Waals surface area (Å²) in [5.74, 6) is -1.30. The minimum atomic E-state index is -1.33. The third-order valence-corrected chi connectivity index (χ3v) is 2.65. The lowest BCUT2D eigenvalue weighted by Crippen LogP contribution is -2.49. The number of rotatable bonds is 6. The van der Waals surface area contributed by atoms with E-state index in [1.165, 1.54) is 0 Å². The summed E-state index contributed by atoms with van der Waals surface area (Å²) >= 11 is 0. The van der Waals surface area contributed by atoms with E-state index in [9.17, 15) is 14.4 Å². The zero-order valence-electron chi connectivity index (χ0n) is 14.3. The molecule has 1 aromatic rings. The summed E-state index contributed by atoms with van der Waals surface area (Å²) in [4.78, 5) is 34.3. The van der Waals surface area contributed by atoms with E-state index in [-0.39, 0.29) is 25.6 Å². The lowest BCUT2D eigenvalue weighted by atomic mass is 10.2. The average Bonchev–Trinajstić information content (AvgIpc) is 2.48. The highest BCUT2D eigenvalue weighted by atomic mass is 35.5. The standard InChI is InChI=1S/C16H22N2O6.ClH/c1-16(2,3)24-14(21)17-9-12(13(19)20)18-15(22)23-10-11-7-5-4-6-8-11;/h4-8,12H,9-10H2,1-3H3,(H,17,21)(H,18,22)(H,19,20);1H. The number of amides is 2. The summed E-state index contributed by atoms with van der Waals surface area (Å²) in [6.45, 7) is 4.73. The number of halogens is 1. The molecule has 1 atom stereocenters. The van der Waals surface area contributed by atoms with Crippen LogP contribution in [0.15, 0.2) is 30.3 Å². The molecule has 140 valence electrons. The Morgan fingerprint density at radius 1 is 1.12 bits per heavy atom. The largest absolute Gasteiger partial charge is 0.480 e. The first-order valence-electron chi connectivity index (χ1n) is 7.34.